The van der Waals surface area contributed by atoms with Crippen LogP contribution in [0.25, 0.3) is 11.0 Å². The zero-order valence-corrected chi connectivity index (χ0v) is 19.2. The third-order valence-electron chi connectivity index (χ3n) is 5.10. The summed E-state index contributed by atoms with van der Waals surface area (Å²) < 4.78 is 25.4. The van der Waals surface area contributed by atoms with Crippen molar-refractivity contribution < 1.29 is 13.2 Å². The van der Waals surface area contributed by atoms with Crippen LogP contribution in [0.4, 0.5) is 0 Å². The van der Waals surface area contributed by atoms with E-state index in [1.165, 1.54) is 11.8 Å². The van der Waals surface area contributed by atoms with Crippen molar-refractivity contribution in [2.75, 3.05) is 25.9 Å². The number of aromatic nitrogens is 2. The number of fused-ring (bicyclic) bond motifs is 1. The lowest BCUT2D eigenvalue weighted by atomic mass is 10.1. The molecular formula is C21H28N4O3S2. The normalized spacial score (nSPS) is 13.1. The summed E-state index contributed by atoms with van der Waals surface area (Å²) in [6.07, 6.45) is 1.17. The Hall–Kier alpha value is -2.23. The van der Waals surface area contributed by atoms with Gasteiger partial charge in [-0.2, -0.15) is 11.3 Å². The largest absolute Gasteiger partial charge is 0.353 e. The summed E-state index contributed by atoms with van der Waals surface area (Å²) in [6.45, 7) is 6.51. The Balaban J connectivity index is 1.78. The molecule has 0 saturated carbocycles. The van der Waals surface area contributed by atoms with Gasteiger partial charge in [0.1, 0.15) is 18.1 Å². The van der Waals surface area contributed by atoms with Gasteiger partial charge in [0.2, 0.25) is 5.91 Å². The maximum Gasteiger partial charge on any atom is 0.240 e. The number of hydrogen-bond donors (Lipinski definition) is 1. The van der Waals surface area contributed by atoms with Crippen molar-refractivity contribution in [1.82, 2.24) is 19.8 Å². The second kappa shape index (κ2) is 9.72. The number of para-hydroxylation sites is 2. The van der Waals surface area contributed by atoms with Gasteiger partial charge in [0, 0.05) is 12.8 Å². The zero-order valence-electron chi connectivity index (χ0n) is 17.5. The summed E-state index contributed by atoms with van der Waals surface area (Å²) in [5, 5.41) is 7.20. The Bertz CT molecular complexity index is 1090. The molecule has 2 aromatic heterocycles. The van der Waals surface area contributed by atoms with Crippen molar-refractivity contribution in [2.45, 2.75) is 32.2 Å². The highest BCUT2D eigenvalue weighted by Crippen LogP contribution is 2.22. The van der Waals surface area contributed by atoms with Gasteiger partial charge in [-0.05, 0) is 47.6 Å². The molecular weight excluding hydrogens is 420 g/mol. The van der Waals surface area contributed by atoms with E-state index < -0.39 is 9.84 Å². The predicted octanol–water partition coefficient (Wildman–Crippen LogP) is 2.84. The molecule has 1 atom stereocenters. The van der Waals surface area contributed by atoms with E-state index in [0.717, 1.165) is 18.6 Å². The molecule has 1 unspecified atom stereocenters. The number of nitrogens with zero attached hydrogens (tertiary/aromatic N) is 3. The summed E-state index contributed by atoms with van der Waals surface area (Å²) in [6, 6.07) is 9.57. The number of carbonyl (C=O) groups excluding carboxylic acids is 1. The molecule has 9 heteroatoms. The van der Waals surface area contributed by atoms with E-state index in [-0.39, 0.29) is 24.2 Å². The van der Waals surface area contributed by atoms with Crippen LogP contribution < -0.4 is 5.32 Å². The molecule has 0 spiro atoms. The van der Waals surface area contributed by atoms with E-state index in [1.54, 1.807) is 15.9 Å². The third kappa shape index (κ3) is 5.47. The molecule has 0 radical (unpaired) electrons. The summed E-state index contributed by atoms with van der Waals surface area (Å²) in [7, 11) is -3.28. The quantitative estimate of drug-likeness (QED) is 0.516. The molecule has 0 aliphatic carbocycles. The van der Waals surface area contributed by atoms with Crippen LogP contribution >= 0.6 is 11.3 Å². The first-order valence-electron chi connectivity index (χ1n) is 9.97. The van der Waals surface area contributed by atoms with Crippen molar-refractivity contribution in [2.24, 2.45) is 0 Å². The molecule has 3 aromatic rings. The standard InChI is InChI=1S/C21H28N4O3S2/c1-4-24(5-2)19(16-10-11-29-14-16)12-22-21(26)13-25-18-9-7-6-8-17(18)23-20(25)15-30(3,27)28/h6-11,14,19H,4-5,12-13,15H2,1-3H3,(H,22,26). The highest BCUT2D eigenvalue weighted by atomic mass is 32.2. The van der Waals surface area contributed by atoms with Crippen LogP contribution in [0, 0.1) is 0 Å². The molecule has 0 fully saturated rings. The van der Waals surface area contributed by atoms with E-state index >= 15 is 0 Å². The Morgan fingerprint density at radius 1 is 1.23 bits per heavy atom. The summed E-state index contributed by atoms with van der Waals surface area (Å²) >= 11 is 1.64. The number of thiophene rings is 1. The number of rotatable bonds is 10. The molecule has 1 aromatic carbocycles. The minimum atomic E-state index is -3.28. The highest BCUT2D eigenvalue weighted by Gasteiger charge is 2.21. The van der Waals surface area contributed by atoms with E-state index in [4.69, 9.17) is 0 Å². The topological polar surface area (TPSA) is 84.3 Å². The molecule has 1 amide bonds. The Morgan fingerprint density at radius 3 is 2.60 bits per heavy atom. The average Bonchev–Trinajstić information content (AvgIpc) is 3.33. The van der Waals surface area contributed by atoms with Crippen molar-refractivity contribution in [3.8, 4) is 0 Å². The third-order valence-corrected chi connectivity index (χ3v) is 6.58. The number of amides is 1. The van der Waals surface area contributed by atoms with Gasteiger partial charge >= 0.3 is 0 Å². The van der Waals surface area contributed by atoms with Crippen molar-refractivity contribution in [3.63, 3.8) is 0 Å². The Kier molecular flexibility index (Phi) is 7.27. The fourth-order valence-electron chi connectivity index (χ4n) is 3.64. The first kappa shape index (κ1) is 22.5. The van der Waals surface area contributed by atoms with E-state index in [0.29, 0.717) is 17.9 Å². The van der Waals surface area contributed by atoms with Gasteiger partial charge in [0.05, 0.1) is 17.1 Å². The second-order valence-electron chi connectivity index (χ2n) is 7.27. The first-order chi connectivity index (χ1) is 14.3. The van der Waals surface area contributed by atoms with E-state index in [2.05, 4.69) is 40.5 Å². The first-order valence-corrected chi connectivity index (χ1v) is 13.0. The summed E-state index contributed by atoms with van der Waals surface area (Å²) in [4.78, 5) is 19.6. The van der Waals surface area contributed by atoms with Crippen LogP contribution in [0.2, 0.25) is 0 Å². The van der Waals surface area contributed by atoms with Gasteiger partial charge in [-0.15, -0.1) is 0 Å². The lowest BCUT2D eigenvalue weighted by Gasteiger charge is -2.29. The lowest BCUT2D eigenvalue weighted by molar-refractivity contribution is -0.121. The smallest absolute Gasteiger partial charge is 0.240 e. The molecule has 7 nitrogen and oxygen atoms in total. The van der Waals surface area contributed by atoms with Gasteiger partial charge in [-0.25, -0.2) is 13.4 Å². The minimum Gasteiger partial charge on any atom is -0.353 e. The highest BCUT2D eigenvalue weighted by molar-refractivity contribution is 7.89. The molecule has 0 aliphatic heterocycles. The van der Waals surface area contributed by atoms with Crippen LogP contribution in [0.3, 0.4) is 0 Å². The SMILES string of the molecule is CCN(CC)C(CNC(=O)Cn1c(CS(C)(=O)=O)nc2ccccc21)c1ccsc1. The fraction of sp³-hybridized carbons (Fsp3) is 0.429. The van der Waals surface area contributed by atoms with E-state index in [9.17, 15) is 13.2 Å². The molecule has 0 saturated heterocycles. The molecule has 2 heterocycles. The number of nitrogens with one attached hydrogen (secondary N) is 1. The maximum atomic E-state index is 12.8. The number of hydrogen-bond acceptors (Lipinski definition) is 6. The molecule has 0 aliphatic rings. The Morgan fingerprint density at radius 2 is 1.97 bits per heavy atom. The number of benzene rings is 1. The molecule has 1 N–H and O–H groups in total. The predicted molar refractivity (Wildman–Crippen MR) is 121 cm³/mol. The van der Waals surface area contributed by atoms with Crippen LogP contribution in [-0.4, -0.2) is 54.7 Å². The number of sulfone groups is 1. The second-order valence-corrected chi connectivity index (χ2v) is 10.2. The van der Waals surface area contributed by atoms with Crippen molar-refractivity contribution in [1.29, 1.82) is 0 Å². The van der Waals surface area contributed by atoms with Crippen LogP contribution in [0.1, 0.15) is 31.3 Å². The Labute approximate surface area is 181 Å². The average molecular weight is 449 g/mol. The van der Waals surface area contributed by atoms with Gasteiger partial charge in [0.25, 0.3) is 0 Å². The van der Waals surface area contributed by atoms with E-state index in [1.807, 2.05) is 29.6 Å². The van der Waals surface area contributed by atoms with Crippen LogP contribution in [0.5, 0.6) is 0 Å². The number of imidazole rings is 1. The monoisotopic (exact) mass is 448 g/mol. The van der Waals surface area contributed by atoms with Crippen molar-refractivity contribution in [3.05, 3.63) is 52.5 Å². The number of likely N-dealkylation sites (N-methyl/N-ethyl adjacent to an activating group) is 1. The molecule has 3 rings (SSSR count). The summed E-state index contributed by atoms with van der Waals surface area (Å²) in [5.41, 5.74) is 2.63. The minimum absolute atomic E-state index is 0.0278. The summed E-state index contributed by atoms with van der Waals surface area (Å²) in [5.74, 6) is 0.0126. The fourth-order valence-corrected chi connectivity index (χ4v) is 5.04. The molecule has 162 valence electrons. The lowest BCUT2D eigenvalue weighted by Crippen LogP contribution is -2.39. The van der Waals surface area contributed by atoms with Crippen LogP contribution in [-0.2, 0) is 26.9 Å². The van der Waals surface area contributed by atoms with Gasteiger partial charge in [0.15, 0.2) is 9.84 Å². The molecule has 0 bridgehead atoms. The molecule has 30 heavy (non-hydrogen) atoms. The van der Waals surface area contributed by atoms with Gasteiger partial charge in [-0.1, -0.05) is 26.0 Å². The van der Waals surface area contributed by atoms with Gasteiger partial charge in [-0.3, -0.25) is 9.69 Å². The van der Waals surface area contributed by atoms with Crippen LogP contribution in [0.15, 0.2) is 41.1 Å². The van der Waals surface area contributed by atoms with Gasteiger partial charge < -0.3 is 9.88 Å². The zero-order chi connectivity index (χ0) is 21.7. The maximum absolute atomic E-state index is 12.8. The van der Waals surface area contributed by atoms with Crippen molar-refractivity contribution >= 4 is 38.1 Å². The number of carbonyl (C=O) groups is 1.